The number of aromatic nitrogens is 3. The molecule has 1 saturated carbocycles. The second-order valence-electron chi connectivity index (χ2n) is 10.2. The van der Waals surface area contributed by atoms with Crippen LogP contribution in [0.25, 0.3) is 5.69 Å². The minimum Gasteiger partial charge on any atom is -0.508 e. The lowest BCUT2D eigenvalue weighted by Gasteiger charge is -2.52. The van der Waals surface area contributed by atoms with Gasteiger partial charge in [0.05, 0.1) is 23.7 Å². The Morgan fingerprint density at radius 2 is 1.76 bits per heavy atom. The van der Waals surface area contributed by atoms with Gasteiger partial charge in [0.2, 0.25) is 0 Å². The number of fused-ring (bicyclic) bond motifs is 4. The molecule has 8 nitrogen and oxygen atoms in total. The van der Waals surface area contributed by atoms with Crippen LogP contribution in [0.5, 0.6) is 5.75 Å². The number of carbonyl (C=O) groups excluding carboxylic acids is 2. The number of phenolic OH excluding ortho intramolecular Hbond substituents is 1. The zero-order valence-electron chi connectivity index (χ0n) is 20.2. The SMILES string of the molecule is CC1=CC(=O)[C@@H]2C[C@@H]3C(=CCn4c(=O)n(-c5ccccc5)c(=O)n43)[C@H](c3ccc(O)cc3Cl)[C@]2(C)C1=O. The van der Waals surface area contributed by atoms with Crippen molar-refractivity contribution in [3.8, 4) is 11.4 Å². The first kappa shape index (κ1) is 23.5. The average molecular weight is 518 g/mol. The molecular weight excluding hydrogens is 494 g/mol. The summed E-state index contributed by atoms with van der Waals surface area (Å²) >= 11 is 6.62. The molecule has 2 heterocycles. The van der Waals surface area contributed by atoms with Gasteiger partial charge in [-0.2, -0.15) is 0 Å². The second kappa shape index (κ2) is 8.05. The number of Topliss-reactive ketones (excluding diaryl/α,β-unsaturated/α-hetero) is 1. The molecule has 9 heteroatoms. The maximum absolute atomic E-state index is 13.8. The van der Waals surface area contributed by atoms with E-state index in [-0.39, 0.29) is 35.3 Å². The van der Waals surface area contributed by atoms with Crippen molar-refractivity contribution >= 4 is 23.2 Å². The number of rotatable bonds is 2. The van der Waals surface area contributed by atoms with E-state index in [9.17, 15) is 24.3 Å². The van der Waals surface area contributed by atoms with Crippen LogP contribution in [0.3, 0.4) is 0 Å². The highest BCUT2D eigenvalue weighted by Gasteiger charge is 2.59. The minimum atomic E-state index is -1.15. The van der Waals surface area contributed by atoms with E-state index in [4.69, 9.17) is 11.6 Å². The number of allylic oxidation sites excluding steroid dienone is 4. The molecule has 37 heavy (non-hydrogen) atoms. The second-order valence-corrected chi connectivity index (χ2v) is 10.6. The highest BCUT2D eigenvalue weighted by Crippen LogP contribution is 2.60. The van der Waals surface area contributed by atoms with Gasteiger partial charge < -0.3 is 5.11 Å². The van der Waals surface area contributed by atoms with Gasteiger partial charge in [-0.1, -0.05) is 48.9 Å². The van der Waals surface area contributed by atoms with E-state index in [1.54, 1.807) is 50.2 Å². The molecule has 0 unspecified atom stereocenters. The zero-order chi connectivity index (χ0) is 26.2. The zero-order valence-corrected chi connectivity index (χ0v) is 21.0. The van der Waals surface area contributed by atoms with Gasteiger partial charge >= 0.3 is 11.4 Å². The topological polar surface area (TPSA) is 103 Å². The van der Waals surface area contributed by atoms with Crippen molar-refractivity contribution in [1.29, 1.82) is 0 Å². The Bertz CT molecular complexity index is 1680. The van der Waals surface area contributed by atoms with Crippen LogP contribution in [0, 0.1) is 11.3 Å². The lowest BCUT2D eigenvalue weighted by atomic mass is 9.51. The molecular formula is C28H24ClN3O5. The first-order valence-corrected chi connectivity index (χ1v) is 12.5. The summed E-state index contributed by atoms with van der Waals surface area (Å²) in [4.78, 5) is 54.2. The number of ketones is 2. The highest BCUT2D eigenvalue weighted by molar-refractivity contribution is 6.31. The molecule has 2 aromatic carbocycles. The van der Waals surface area contributed by atoms with Gasteiger partial charge in [-0.05, 0) is 60.4 Å². The van der Waals surface area contributed by atoms with Crippen molar-refractivity contribution in [2.75, 3.05) is 0 Å². The molecule has 188 valence electrons. The molecule has 0 amide bonds. The van der Waals surface area contributed by atoms with E-state index in [0.29, 0.717) is 16.8 Å². The molecule has 4 atom stereocenters. The third-order valence-corrected chi connectivity index (χ3v) is 8.54. The van der Waals surface area contributed by atoms with Crippen LogP contribution in [0.1, 0.15) is 37.8 Å². The molecule has 1 aromatic heterocycles. The number of hydrogen-bond donors (Lipinski definition) is 1. The van der Waals surface area contributed by atoms with E-state index in [0.717, 1.165) is 10.1 Å². The summed E-state index contributed by atoms with van der Waals surface area (Å²) in [5.74, 6) is -1.72. The number of phenols is 1. The predicted octanol–water partition coefficient (Wildman–Crippen LogP) is 3.55. The van der Waals surface area contributed by atoms with Gasteiger partial charge in [-0.15, -0.1) is 0 Å². The van der Waals surface area contributed by atoms with Gasteiger partial charge in [0.25, 0.3) is 0 Å². The highest BCUT2D eigenvalue weighted by atomic mass is 35.5. The quantitative estimate of drug-likeness (QED) is 0.524. The van der Waals surface area contributed by atoms with Gasteiger partial charge in [0.1, 0.15) is 5.75 Å². The maximum Gasteiger partial charge on any atom is 0.352 e. The van der Waals surface area contributed by atoms with Gasteiger partial charge in [0.15, 0.2) is 11.6 Å². The minimum absolute atomic E-state index is 0.0208. The van der Waals surface area contributed by atoms with E-state index in [1.165, 1.54) is 27.6 Å². The van der Waals surface area contributed by atoms with Crippen molar-refractivity contribution in [2.24, 2.45) is 11.3 Å². The Hall–Kier alpha value is -3.91. The van der Waals surface area contributed by atoms with Crippen LogP contribution in [0.2, 0.25) is 5.02 Å². The van der Waals surface area contributed by atoms with Crippen LogP contribution < -0.4 is 11.4 Å². The Morgan fingerprint density at radius 1 is 1.03 bits per heavy atom. The average Bonchev–Trinajstić information content (AvgIpc) is 3.13. The van der Waals surface area contributed by atoms with Crippen molar-refractivity contribution in [1.82, 2.24) is 13.9 Å². The van der Waals surface area contributed by atoms with Crippen LogP contribution in [0.15, 0.2) is 81.4 Å². The standard InChI is InChI=1S/C28H24ClN3O5/c1-15-12-23(34)20-14-22-19(24(28(20,2)25(15)35)18-9-8-17(33)13-21(18)29)10-11-30-26(36)31(27(37)32(22)30)16-6-4-3-5-7-16/h3-10,12-13,20,22,24,33H,11,14H2,1-2H3/t20-,22+,24-,28+/m0/s1. The summed E-state index contributed by atoms with van der Waals surface area (Å²) in [7, 11) is 0. The Kier molecular flexibility index (Phi) is 5.11. The van der Waals surface area contributed by atoms with Crippen molar-refractivity contribution in [2.45, 2.75) is 38.8 Å². The monoisotopic (exact) mass is 517 g/mol. The van der Waals surface area contributed by atoms with E-state index in [2.05, 4.69) is 0 Å². The maximum atomic E-state index is 13.8. The summed E-state index contributed by atoms with van der Waals surface area (Å²) in [6.45, 7) is 3.56. The Balaban J connectivity index is 1.61. The van der Waals surface area contributed by atoms with Crippen LogP contribution in [-0.4, -0.2) is 30.6 Å². The molecule has 0 radical (unpaired) electrons. The number of carbonyl (C=O) groups is 2. The third-order valence-electron chi connectivity index (χ3n) is 8.21. The van der Waals surface area contributed by atoms with Crippen LogP contribution >= 0.6 is 11.6 Å². The largest absolute Gasteiger partial charge is 0.508 e. The summed E-state index contributed by atoms with van der Waals surface area (Å²) in [5.41, 5.74) is 0.0534. The molecule has 0 saturated heterocycles. The molecule has 1 N–H and O–H groups in total. The normalized spacial score (nSPS) is 26.6. The van der Waals surface area contributed by atoms with Crippen molar-refractivity contribution in [3.05, 3.63) is 103 Å². The first-order valence-electron chi connectivity index (χ1n) is 12.1. The van der Waals surface area contributed by atoms with Crippen molar-refractivity contribution < 1.29 is 14.7 Å². The van der Waals surface area contributed by atoms with Crippen LogP contribution in [-0.2, 0) is 16.1 Å². The lowest BCUT2D eigenvalue weighted by Crippen LogP contribution is -2.54. The number of para-hydroxylation sites is 1. The summed E-state index contributed by atoms with van der Waals surface area (Å²) in [6, 6.07) is 12.6. The molecule has 2 aliphatic carbocycles. The molecule has 3 aliphatic rings. The third kappa shape index (κ3) is 3.15. The molecule has 1 aliphatic heterocycles. The fourth-order valence-corrected chi connectivity index (χ4v) is 6.83. The predicted molar refractivity (Wildman–Crippen MR) is 137 cm³/mol. The van der Waals surface area contributed by atoms with Crippen molar-refractivity contribution in [3.63, 3.8) is 0 Å². The molecule has 1 fully saturated rings. The molecule has 3 aromatic rings. The Labute approximate surface area is 216 Å². The fraction of sp³-hybridized carbons (Fsp3) is 0.286. The molecule has 6 rings (SSSR count). The summed E-state index contributed by atoms with van der Waals surface area (Å²) in [6.07, 6.45) is 3.45. The van der Waals surface area contributed by atoms with Gasteiger partial charge in [0, 0.05) is 16.9 Å². The number of benzene rings is 2. The number of aromatic hydroxyl groups is 1. The fourth-order valence-electron chi connectivity index (χ4n) is 6.55. The smallest absolute Gasteiger partial charge is 0.352 e. The van der Waals surface area contributed by atoms with Gasteiger partial charge in [-0.3, -0.25) is 9.59 Å². The number of hydrogen-bond acceptors (Lipinski definition) is 5. The van der Waals surface area contributed by atoms with E-state index >= 15 is 0 Å². The lowest BCUT2D eigenvalue weighted by molar-refractivity contribution is -0.139. The van der Waals surface area contributed by atoms with E-state index in [1.807, 2.05) is 6.08 Å². The first-order chi connectivity index (χ1) is 17.6. The number of nitrogens with zero attached hydrogens (tertiary/aromatic N) is 3. The number of halogens is 1. The summed E-state index contributed by atoms with van der Waals surface area (Å²) in [5, 5.41) is 10.3. The Morgan fingerprint density at radius 3 is 2.46 bits per heavy atom. The molecule has 0 spiro atoms. The van der Waals surface area contributed by atoms with Crippen LogP contribution in [0.4, 0.5) is 0 Å². The van der Waals surface area contributed by atoms with Gasteiger partial charge in [-0.25, -0.2) is 23.5 Å². The van der Waals surface area contributed by atoms with E-state index < -0.39 is 34.7 Å². The molecule has 0 bridgehead atoms. The summed E-state index contributed by atoms with van der Waals surface area (Å²) < 4.78 is 3.94.